The van der Waals surface area contributed by atoms with Crippen LogP contribution in [0.4, 0.5) is 0 Å². The van der Waals surface area contributed by atoms with Crippen LogP contribution in [0.3, 0.4) is 0 Å². The first-order chi connectivity index (χ1) is 19.2. The lowest BCUT2D eigenvalue weighted by molar-refractivity contribution is 1.05. The first-order valence-corrected chi connectivity index (χ1v) is 14.6. The lowest BCUT2D eigenvalue weighted by Gasteiger charge is -1.90. The number of aryl methyl sites for hydroxylation is 8. The second-order valence-electron chi connectivity index (χ2n) is 7.80. The molecule has 4 rings (SSSR count). The van der Waals surface area contributed by atoms with Crippen LogP contribution in [-0.4, -0.2) is 24.9 Å². The number of hydrogen-bond acceptors (Lipinski definition) is 5. The summed E-state index contributed by atoms with van der Waals surface area (Å²) < 4.78 is 0. The van der Waals surface area contributed by atoms with E-state index in [9.17, 15) is 0 Å². The number of hydrogen-bond donors (Lipinski definition) is 0. The van der Waals surface area contributed by atoms with Crippen molar-refractivity contribution >= 4 is 0 Å². The maximum Gasteiger partial charge on any atom is 0.115 e. The molecule has 0 spiro atoms. The zero-order valence-corrected chi connectivity index (χ0v) is 28.6. The predicted octanol–water partition coefficient (Wildman–Crippen LogP) is 10.3. The topological polar surface area (TPSA) is 64.5 Å². The van der Waals surface area contributed by atoms with Crippen LogP contribution < -0.4 is 0 Å². The summed E-state index contributed by atoms with van der Waals surface area (Å²) in [7, 11) is 0. The number of pyridine rings is 1. The molecule has 3 aromatic heterocycles. The summed E-state index contributed by atoms with van der Waals surface area (Å²) in [5.41, 5.74) is 9.13. The molecular weight excluding hydrogens is 490 g/mol. The quantitative estimate of drug-likeness (QED) is 0.218. The van der Waals surface area contributed by atoms with Gasteiger partial charge in [-0.15, -0.1) is 0 Å². The molecule has 3 heterocycles. The zero-order chi connectivity index (χ0) is 31.9. The van der Waals surface area contributed by atoms with Crippen molar-refractivity contribution in [3.05, 3.63) is 113 Å². The van der Waals surface area contributed by atoms with E-state index in [1.807, 2.05) is 115 Å². The second kappa shape index (κ2) is 31.7. The van der Waals surface area contributed by atoms with Crippen molar-refractivity contribution in [2.45, 2.75) is 111 Å². The highest BCUT2D eigenvalue weighted by atomic mass is 14.8. The van der Waals surface area contributed by atoms with E-state index in [0.717, 1.165) is 22.8 Å². The molecular formula is C35H59N5. The number of aromatic nitrogens is 5. The van der Waals surface area contributed by atoms with Gasteiger partial charge in [-0.3, -0.25) is 15.0 Å². The molecule has 5 nitrogen and oxygen atoms in total. The monoisotopic (exact) mass is 549 g/mol. The Labute approximate surface area is 248 Å². The van der Waals surface area contributed by atoms with E-state index < -0.39 is 0 Å². The highest BCUT2D eigenvalue weighted by molar-refractivity contribution is 5.20. The van der Waals surface area contributed by atoms with Gasteiger partial charge in [0.25, 0.3) is 0 Å². The highest BCUT2D eigenvalue weighted by Gasteiger charge is 1.84. The Morgan fingerprint density at radius 2 is 0.750 bits per heavy atom. The third kappa shape index (κ3) is 29.1. The van der Waals surface area contributed by atoms with Crippen LogP contribution in [0.25, 0.3) is 0 Å². The second-order valence-corrected chi connectivity index (χ2v) is 7.80. The van der Waals surface area contributed by atoms with Crippen LogP contribution in [0.15, 0.2) is 67.5 Å². The Bertz CT molecular complexity index is 835. The average Bonchev–Trinajstić information content (AvgIpc) is 2.94. The average molecular weight is 550 g/mol. The SMILES string of the molecule is CC.CC.CC.CC.Cc1cc(C)ncn1.Cc1cccc(C)c1.Cc1cncc(C)c1.Cc1cncc(C)n1. The lowest BCUT2D eigenvalue weighted by atomic mass is 10.2. The van der Waals surface area contributed by atoms with Gasteiger partial charge in [0.15, 0.2) is 0 Å². The molecule has 0 fully saturated rings. The summed E-state index contributed by atoms with van der Waals surface area (Å²) in [4.78, 5) is 19.9. The Kier molecular flexibility index (Phi) is 34.6. The van der Waals surface area contributed by atoms with Crippen molar-refractivity contribution in [3.63, 3.8) is 0 Å². The van der Waals surface area contributed by atoms with Crippen LogP contribution in [0.2, 0.25) is 0 Å². The van der Waals surface area contributed by atoms with Gasteiger partial charge in [0.05, 0.1) is 11.4 Å². The van der Waals surface area contributed by atoms with Gasteiger partial charge in [-0.05, 0) is 72.6 Å². The Balaban J connectivity index is -0.000000199. The van der Waals surface area contributed by atoms with Crippen molar-refractivity contribution in [1.82, 2.24) is 24.9 Å². The maximum absolute atomic E-state index is 4.11. The highest BCUT2D eigenvalue weighted by Crippen LogP contribution is 2.00. The fourth-order valence-corrected chi connectivity index (χ4v) is 2.69. The number of nitrogens with zero attached hydrogens (tertiary/aromatic N) is 5. The summed E-state index contributed by atoms with van der Waals surface area (Å²) in [5, 5.41) is 0. The molecule has 0 radical (unpaired) electrons. The normalized spacial score (nSPS) is 8.00. The molecule has 0 aliphatic rings. The first kappa shape index (κ1) is 43.6. The van der Waals surface area contributed by atoms with Crippen molar-refractivity contribution in [2.24, 2.45) is 0 Å². The van der Waals surface area contributed by atoms with E-state index in [-0.39, 0.29) is 0 Å². The standard InChI is InChI=1S/C8H10.C7H9N.2C6H8N2.4C2H6/c1-7-4-3-5-8(2)6-7;1-6-3-7(2)5-8-4-6;1-5-3-7-4-6(2)8-5;1-5-3-6(2)8-4-7-5;4*1-2/h3-6H,1-2H3;3-5H,1-2H3;2*3-4H,1-2H3;4*1-2H3. The lowest BCUT2D eigenvalue weighted by Crippen LogP contribution is -1.85. The molecule has 0 atom stereocenters. The fourth-order valence-electron chi connectivity index (χ4n) is 2.69. The van der Waals surface area contributed by atoms with Gasteiger partial charge in [0.2, 0.25) is 0 Å². The van der Waals surface area contributed by atoms with Gasteiger partial charge in [-0.1, -0.05) is 96.8 Å². The van der Waals surface area contributed by atoms with Crippen LogP contribution in [-0.2, 0) is 0 Å². The molecule has 1 aromatic carbocycles. The molecule has 0 N–H and O–H groups in total. The minimum atomic E-state index is 0.977. The molecule has 5 heteroatoms. The summed E-state index contributed by atoms with van der Waals surface area (Å²) in [6.45, 7) is 32.1. The molecule has 224 valence electrons. The number of benzene rings is 1. The molecule has 0 amide bonds. The smallest absolute Gasteiger partial charge is 0.115 e. The van der Waals surface area contributed by atoms with E-state index >= 15 is 0 Å². The summed E-state index contributed by atoms with van der Waals surface area (Å²) >= 11 is 0. The third-order valence-corrected chi connectivity index (χ3v) is 4.00. The van der Waals surface area contributed by atoms with Gasteiger partial charge >= 0.3 is 0 Å². The summed E-state index contributed by atoms with van der Waals surface area (Å²) in [6.07, 6.45) is 8.77. The van der Waals surface area contributed by atoms with Crippen LogP contribution in [0.5, 0.6) is 0 Å². The molecule has 4 aromatic rings. The predicted molar refractivity (Wildman–Crippen MR) is 178 cm³/mol. The van der Waals surface area contributed by atoms with E-state index in [0.29, 0.717) is 0 Å². The van der Waals surface area contributed by atoms with Crippen LogP contribution >= 0.6 is 0 Å². The third-order valence-electron chi connectivity index (χ3n) is 4.00. The van der Waals surface area contributed by atoms with E-state index in [1.54, 1.807) is 18.7 Å². The minimum Gasteiger partial charge on any atom is -0.264 e. The van der Waals surface area contributed by atoms with E-state index in [1.165, 1.54) is 22.3 Å². The van der Waals surface area contributed by atoms with Gasteiger partial charge in [-0.25, -0.2) is 9.97 Å². The van der Waals surface area contributed by atoms with Crippen LogP contribution in [0.1, 0.15) is 100 Å². The maximum atomic E-state index is 4.11. The van der Waals surface area contributed by atoms with E-state index in [4.69, 9.17) is 0 Å². The molecule has 0 saturated carbocycles. The van der Waals surface area contributed by atoms with Crippen molar-refractivity contribution in [1.29, 1.82) is 0 Å². The first-order valence-electron chi connectivity index (χ1n) is 14.6. The minimum absolute atomic E-state index is 0.977. The van der Waals surface area contributed by atoms with Gasteiger partial charge < -0.3 is 0 Å². The van der Waals surface area contributed by atoms with Crippen molar-refractivity contribution < 1.29 is 0 Å². The zero-order valence-electron chi connectivity index (χ0n) is 28.6. The summed E-state index contributed by atoms with van der Waals surface area (Å²) in [6, 6.07) is 12.5. The molecule has 0 saturated heterocycles. The van der Waals surface area contributed by atoms with Crippen molar-refractivity contribution in [3.8, 4) is 0 Å². The van der Waals surface area contributed by atoms with Crippen LogP contribution in [0, 0.1) is 55.4 Å². The number of rotatable bonds is 0. The Morgan fingerprint density at radius 1 is 0.400 bits per heavy atom. The van der Waals surface area contributed by atoms with Crippen molar-refractivity contribution in [2.75, 3.05) is 0 Å². The molecule has 40 heavy (non-hydrogen) atoms. The molecule has 0 aliphatic carbocycles. The summed E-state index contributed by atoms with van der Waals surface area (Å²) in [5.74, 6) is 0. The largest absolute Gasteiger partial charge is 0.264 e. The molecule has 0 unspecified atom stereocenters. The Hall–Kier alpha value is -3.47. The Morgan fingerprint density at radius 3 is 0.950 bits per heavy atom. The molecule has 0 aliphatic heterocycles. The van der Waals surface area contributed by atoms with Gasteiger partial charge in [0, 0.05) is 36.2 Å². The van der Waals surface area contributed by atoms with Gasteiger partial charge in [0.1, 0.15) is 6.33 Å². The fraction of sp³-hybridized carbons (Fsp3) is 0.457. The molecule has 0 bridgehead atoms. The van der Waals surface area contributed by atoms with Gasteiger partial charge in [-0.2, -0.15) is 0 Å². The van der Waals surface area contributed by atoms with E-state index in [2.05, 4.69) is 69.1 Å².